The number of benzene rings is 1. The van der Waals surface area contributed by atoms with Gasteiger partial charge in [-0.15, -0.1) is 11.3 Å². The average molecular weight is 328 g/mol. The van der Waals surface area contributed by atoms with E-state index in [1.807, 2.05) is 6.07 Å². The zero-order chi connectivity index (χ0) is 16.8. The molecule has 2 aromatic rings. The lowest BCUT2D eigenvalue weighted by Gasteiger charge is -1.98. The summed E-state index contributed by atoms with van der Waals surface area (Å²) in [5.41, 5.74) is 1.28. The van der Waals surface area contributed by atoms with Crippen LogP contribution in [0.1, 0.15) is 38.3 Å². The molecule has 1 heterocycles. The largest absolute Gasteiger partial charge is 0.478 e. The van der Waals surface area contributed by atoms with Gasteiger partial charge in [-0.05, 0) is 30.7 Å². The Hall–Kier alpha value is -2.98. The van der Waals surface area contributed by atoms with E-state index in [2.05, 4.69) is 4.98 Å². The van der Waals surface area contributed by atoms with E-state index >= 15 is 0 Å². The van der Waals surface area contributed by atoms with Gasteiger partial charge in [-0.2, -0.15) is 5.26 Å². The lowest BCUT2D eigenvalue weighted by molar-refractivity contribution is 0.0520. The number of allylic oxidation sites excluding steroid dienone is 1. The first-order chi connectivity index (χ1) is 11.0. The van der Waals surface area contributed by atoms with E-state index in [9.17, 15) is 14.9 Å². The van der Waals surface area contributed by atoms with Gasteiger partial charge in [0.15, 0.2) is 5.69 Å². The number of carbonyl (C=O) groups is 2. The second-order valence-corrected chi connectivity index (χ2v) is 5.21. The maximum absolute atomic E-state index is 11.6. The minimum Gasteiger partial charge on any atom is -0.478 e. The van der Waals surface area contributed by atoms with Crippen molar-refractivity contribution in [3.05, 3.63) is 51.5 Å². The molecule has 0 aliphatic rings. The van der Waals surface area contributed by atoms with Crippen LogP contribution in [0.4, 0.5) is 0 Å². The van der Waals surface area contributed by atoms with Crippen molar-refractivity contribution in [3.63, 3.8) is 0 Å². The van der Waals surface area contributed by atoms with Gasteiger partial charge in [0.2, 0.25) is 0 Å². The van der Waals surface area contributed by atoms with E-state index < -0.39 is 11.9 Å². The smallest absolute Gasteiger partial charge is 0.357 e. The molecule has 2 rings (SSSR count). The highest BCUT2D eigenvalue weighted by molar-refractivity contribution is 7.11. The molecule has 0 spiro atoms. The highest BCUT2D eigenvalue weighted by Gasteiger charge is 2.14. The van der Waals surface area contributed by atoms with Gasteiger partial charge in [0.1, 0.15) is 11.1 Å². The first kappa shape index (κ1) is 16.4. The molecule has 116 valence electrons. The fraction of sp³-hybridized carbons (Fsp3) is 0.125. The highest BCUT2D eigenvalue weighted by Crippen LogP contribution is 2.22. The monoisotopic (exact) mass is 328 g/mol. The Bertz CT molecular complexity index is 800. The van der Waals surface area contributed by atoms with Crippen molar-refractivity contribution in [2.45, 2.75) is 6.92 Å². The number of carboxylic acid groups (broad SMARTS) is 1. The molecule has 0 fully saturated rings. The van der Waals surface area contributed by atoms with E-state index in [4.69, 9.17) is 9.84 Å². The van der Waals surface area contributed by atoms with Crippen molar-refractivity contribution in [1.82, 2.24) is 4.98 Å². The van der Waals surface area contributed by atoms with E-state index in [-0.39, 0.29) is 23.4 Å². The highest BCUT2D eigenvalue weighted by atomic mass is 32.1. The molecular weight excluding hydrogens is 316 g/mol. The molecule has 0 radical (unpaired) electrons. The molecule has 0 saturated carbocycles. The molecule has 0 saturated heterocycles. The normalized spacial score (nSPS) is 10.9. The number of hydrogen-bond acceptors (Lipinski definition) is 6. The Labute approximate surface area is 136 Å². The fourth-order valence-corrected chi connectivity index (χ4v) is 2.48. The predicted molar refractivity (Wildman–Crippen MR) is 85.0 cm³/mol. The van der Waals surface area contributed by atoms with Gasteiger partial charge in [0, 0.05) is 5.38 Å². The van der Waals surface area contributed by atoms with E-state index in [1.54, 1.807) is 25.1 Å². The first-order valence-corrected chi connectivity index (χ1v) is 7.51. The van der Waals surface area contributed by atoms with Crippen LogP contribution in [0.15, 0.2) is 29.6 Å². The molecule has 1 N–H and O–H groups in total. The number of aromatic nitrogens is 1. The second kappa shape index (κ2) is 7.33. The second-order valence-electron chi connectivity index (χ2n) is 4.36. The minimum atomic E-state index is -1.01. The van der Waals surface area contributed by atoms with Crippen LogP contribution in [-0.4, -0.2) is 28.6 Å². The van der Waals surface area contributed by atoms with Crippen molar-refractivity contribution >= 4 is 34.9 Å². The molecule has 0 aliphatic heterocycles. The summed E-state index contributed by atoms with van der Waals surface area (Å²) in [6.07, 6.45) is 1.58. The van der Waals surface area contributed by atoms with Crippen molar-refractivity contribution in [2.75, 3.05) is 6.61 Å². The topological polar surface area (TPSA) is 100 Å². The first-order valence-electron chi connectivity index (χ1n) is 6.63. The number of rotatable bonds is 5. The number of thiazole rings is 1. The molecular formula is C16H12N2O4S. The molecule has 23 heavy (non-hydrogen) atoms. The fourth-order valence-electron chi connectivity index (χ4n) is 1.73. The predicted octanol–water partition coefficient (Wildman–Crippen LogP) is 3.08. The SMILES string of the molecule is CCOC(=O)c1csc(/C(C#N)=C/c2ccc(C(=O)O)cc2)n1. The Morgan fingerprint density at radius 1 is 1.39 bits per heavy atom. The summed E-state index contributed by atoms with van der Waals surface area (Å²) in [4.78, 5) is 26.5. The summed E-state index contributed by atoms with van der Waals surface area (Å²) < 4.78 is 4.86. The summed E-state index contributed by atoms with van der Waals surface area (Å²) in [6, 6.07) is 8.13. The maximum Gasteiger partial charge on any atom is 0.357 e. The van der Waals surface area contributed by atoms with Crippen LogP contribution in [-0.2, 0) is 4.74 Å². The summed E-state index contributed by atoms with van der Waals surface area (Å²) in [6.45, 7) is 1.95. The number of carboxylic acids is 1. The molecule has 1 aromatic heterocycles. The Morgan fingerprint density at radius 2 is 2.09 bits per heavy atom. The summed E-state index contributed by atoms with van der Waals surface area (Å²) in [5, 5.41) is 20.1. The maximum atomic E-state index is 11.6. The Kier molecular flexibility index (Phi) is 5.23. The number of ether oxygens (including phenoxy) is 1. The van der Waals surface area contributed by atoms with Crippen LogP contribution < -0.4 is 0 Å². The number of aromatic carboxylic acids is 1. The number of nitrogens with zero attached hydrogens (tertiary/aromatic N) is 2. The zero-order valence-corrected chi connectivity index (χ0v) is 13.0. The van der Waals surface area contributed by atoms with Crippen LogP contribution in [0.2, 0.25) is 0 Å². The van der Waals surface area contributed by atoms with Crippen LogP contribution in [0.5, 0.6) is 0 Å². The van der Waals surface area contributed by atoms with E-state index in [0.29, 0.717) is 10.6 Å². The minimum absolute atomic E-state index is 0.161. The van der Waals surface area contributed by atoms with Gasteiger partial charge in [-0.3, -0.25) is 0 Å². The quantitative estimate of drug-likeness (QED) is 0.668. The van der Waals surface area contributed by atoms with Gasteiger partial charge in [0.05, 0.1) is 17.7 Å². The average Bonchev–Trinajstić information content (AvgIpc) is 3.03. The third-order valence-corrected chi connectivity index (χ3v) is 3.68. The molecule has 6 nitrogen and oxygen atoms in total. The van der Waals surface area contributed by atoms with E-state index in [1.165, 1.54) is 28.8 Å². The Balaban J connectivity index is 2.27. The lowest BCUT2D eigenvalue weighted by Crippen LogP contribution is -2.04. The number of hydrogen-bond donors (Lipinski definition) is 1. The zero-order valence-electron chi connectivity index (χ0n) is 12.1. The van der Waals surface area contributed by atoms with Gasteiger partial charge in [-0.1, -0.05) is 12.1 Å². The summed E-state index contributed by atoms with van der Waals surface area (Å²) >= 11 is 1.17. The lowest BCUT2D eigenvalue weighted by atomic mass is 10.1. The number of carbonyl (C=O) groups excluding carboxylic acids is 1. The van der Waals surface area contributed by atoms with Crippen LogP contribution in [0.3, 0.4) is 0 Å². The van der Waals surface area contributed by atoms with Crippen molar-refractivity contribution in [3.8, 4) is 6.07 Å². The van der Waals surface area contributed by atoms with Crippen molar-refractivity contribution in [1.29, 1.82) is 5.26 Å². The molecule has 0 amide bonds. The van der Waals surface area contributed by atoms with Gasteiger partial charge < -0.3 is 9.84 Å². The third-order valence-electron chi connectivity index (χ3n) is 2.81. The Morgan fingerprint density at radius 3 is 2.65 bits per heavy atom. The summed E-state index contributed by atoms with van der Waals surface area (Å²) in [7, 11) is 0. The number of nitriles is 1. The third kappa shape index (κ3) is 4.02. The molecule has 0 bridgehead atoms. The molecule has 1 aromatic carbocycles. The standard InChI is InChI=1S/C16H12N2O4S/c1-2-22-16(21)13-9-23-14(18-13)12(8-17)7-10-3-5-11(6-4-10)15(19)20/h3-7,9H,2H2,1H3,(H,19,20)/b12-7+. The molecule has 7 heteroatoms. The van der Waals surface area contributed by atoms with Crippen LogP contribution >= 0.6 is 11.3 Å². The molecule has 0 atom stereocenters. The van der Waals surface area contributed by atoms with Crippen LogP contribution in [0.25, 0.3) is 11.6 Å². The summed E-state index contributed by atoms with van der Waals surface area (Å²) in [5.74, 6) is -1.54. The number of esters is 1. The van der Waals surface area contributed by atoms with Gasteiger partial charge in [-0.25, -0.2) is 14.6 Å². The molecule has 0 unspecified atom stereocenters. The van der Waals surface area contributed by atoms with Crippen molar-refractivity contribution < 1.29 is 19.4 Å². The van der Waals surface area contributed by atoms with Gasteiger partial charge >= 0.3 is 11.9 Å². The van der Waals surface area contributed by atoms with Crippen molar-refractivity contribution in [2.24, 2.45) is 0 Å². The van der Waals surface area contributed by atoms with Gasteiger partial charge in [0.25, 0.3) is 0 Å². The molecule has 0 aliphatic carbocycles. The van der Waals surface area contributed by atoms with E-state index in [0.717, 1.165) is 0 Å². The van der Waals surface area contributed by atoms with Crippen LogP contribution in [0, 0.1) is 11.3 Å².